The summed E-state index contributed by atoms with van der Waals surface area (Å²) in [5.74, 6) is 0.346. The van der Waals surface area contributed by atoms with Gasteiger partial charge in [0.2, 0.25) is 0 Å². The Bertz CT molecular complexity index is 205. The Hall–Kier alpha value is 0.160. The molecule has 2 atom stereocenters. The second-order valence-corrected chi connectivity index (χ2v) is 6.96. The molecule has 0 aliphatic carbocycles. The van der Waals surface area contributed by atoms with Gasteiger partial charge in [0.25, 0.3) is 0 Å². The van der Waals surface area contributed by atoms with E-state index in [0.717, 1.165) is 13.0 Å². The van der Waals surface area contributed by atoms with Crippen molar-refractivity contribution in [2.45, 2.75) is 31.1 Å². The summed E-state index contributed by atoms with van der Waals surface area (Å²) in [6.45, 7) is 7.57. The standard InChI is InChI=1S/C12H24INO2/c1-9(2)11(8-10(3)13)12(15)16-7-6-14(4)5/h9-11H,6-8H2,1-5H3. The van der Waals surface area contributed by atoms with Crippen molar-refractivity contribution >= 4 is 28.6 Å². The van der Waals surface area contributed by atoms with Crippen molar-refractivity contribution in [3.63, 3.8) is 0 Å². The first-order valence-corrected chi connectivity index (χ1v) is 7.04. The van der Waals surface area contributed by atoms with Gasteiger partial charge in [0.15, 0.2) is 0 Å². The average Bonchev–Trinajstić information content (AvgIpc) is 2.12. The van der Waals surface area contributed by atoms with Gasteiger partial charge in [-0.3, -0.25) is 4.79 Å². The zero-order valence-corrected chi connectivity index (χ0v) is 13.2. The number of carbonyl (C=O) groups is 1. The lowest BCUT2D eigenvalue weighted by Crippen LogP contribution is -2.28. The van der Waals surface area contributed by atoms with Gasteiger partial charge in [0, 0.05) is 10.5 Å². The van der Waals surface area contributed by atoms with Gasteiger partial charge in [0.1, 0.15) is 6.61 Å². The van der Waals surface area contributed by atoms with Gasteiger partial charge in [0.05, 0.1) is 5.92 Å². The Kier molecular flexibility index (Phi) is 8.36. The van der Waals surface area contributed by atoms with Crippen LogP contribution in [0, 0.1) is 11.8 Å². The highest BCUT2D eigenvalue weighted by Crippen LogP contribution is 2.22. The third-order valence-corrected chi connectivity index (χ3v) is 2.98. The van der Waals surface area contributed by atoms with Crippen LogP contribution in [0.15, 0.2) is 0 Å². The van der Waals surface area contributed by atoms with Crippen LogP contribution < -0.4 is 0 Å². The molecule has 0 bridgehead atoms. The molecule has 16 heavy (non-hydrogen) atoms. The minimum atomic E-state index is -0.0413. The Labute approximate surface area is 113 Å². The van der Waals surface area contributed by atoms with Gasteiger partial charge in [-0.05, 0) is 26.4 Å². The van der Waals surface area contributed by atoms with E-state index in [1.165, 1.54) is 0 Å². The van der Waals surface area contributed by atoms with Crippen LogP contribution in [0.5, 0.6) is 0 Å². The number of rotatable bonds is 7. The molecule has 0 N–H and O–H groups in total. The molecule has 0 saturated carbocycles. The van der Waals surface area contributed by atoms with E-state index >= 15 is 0 Å². The van der Waals surface area contributed by atoms with E-state index in [1.807, 2.05) is 19.0 Å². The molecule has 0 heterocycles. The molecule has 4 heteroatoms. The fourth-order valence-electron chi connectivity index (χ4n) is 1.43. The number of likely N-dealkylation sites (N-methyl/N-ethyl adjacent to an activating group) is 1. The van der Waals surface area contributed by atoms with Crippen LogP contribution in [-0.2, 0) is 9.53 Å². The summed E-state index contributed by atoms with van der Waals surface area (Å²) < 4.78 is 5.80. The maximum Gasteiger partial charge on any atom is 0.309 e. The summed E-state index contributed by atoms with van der Waals surface area (Å²) in [7, 11) is 3.95. The van der Waals surface area contributed by atoms with Crippen molar-refractivity contribution in [2.75, 3.05) is 27.2 Å². The van der Waals surface area contributed by atoms with Crippen molar-refractivity contribution in [1.29, 1.82) is 0 Å². The van der Waals surface area contributed by atoms with E-state index in [0.29, 0.717) is 16.4 Å². The van der Waals surface area contributed by atoms with Gasteiger partial charge in [-0.1, -0.05) is 43.4 Å². The molecule has 0 aromatic rings. The number of hydrogen-bond acceptors (Lipinski definition) is 3. The zero-order chi connectivity index (χ0) is 12.7. The lowest BCUT2D eigenvalue weighted by Gasteiger charge is -2.21. The minimum absolute atomic E-state index is 0.0362. The Morgan fingerprint density at radius 1 is 1.31 bits per heavy atom. The van der Waals surface area contributed by atoms with E-state index in [2.05, 4.69) is 43.4 Å². The third-order valence-electron chi connectivity index (χ3n) is 2.47. The lowest BCUT2D eigenvalue weighted by molar-refractivity contribution is -0.150. The topological polar surface area (TPSA) is 29.5 Å². The Morgan fingerprint density at radius 2 is 1.88 bits per heavy atom. The SMILES string of the molecule is CC(I)CC(C(=O)OCCN(C)C)C(C)C. The van der Waals surface area contributed by atoms with E-state index in [4.69, 9.17) is 4.74 Å². The Morgan fingerprint density at radius 3 is 2.25 bits per heavy atom. The van der Waals surface area contributed by atoms with Crippen LogP contribution in [0.3, 0.4) is 0 Å². The summed E-state index contributed by atoms with van der Waals surface area (Å²) in [4.78, 5) is 13.9. The predicted octanol–water partition coefficient (Wildman–Crippen LogP) is 2.58. The molecule has 0 saturated heterocycles. The number of nitrogens with zero attached hydrogens (tertiary/aromatic N) is 1. The molecule has 96 valence electrons. The van der Waals surface area contributed by atoms with Gasteiger partial charge in [-0.25, -0.2) is 0 Å². The predicted molar refractivity (Wildman–Crippen MR) is 75.9 cm³/mol. The van der Waals surface area contributed by atoms with Gasteiger partial charge < -0.3 is 9.64 Å². The molecule has 0 rings (SSSR count). The molecule has 3 nitrogen and oxygen atoms in total. The molecule has 2 unspecified atom stereocenters. The fourth-order valence-corrected chi connectivity index (χ4v) is 1.97. The fraction of sp³-hybridized carbons (Fsp3) is 0.917. The van der Waals surface area contributed by atoms with Gasteiger partial charge >= 0.3 is 5.97 Å². The maximum absolute atomic E-state index is 11.9. The number of esters is 1. The molecular formula is C12H24INO2. The summed E-state index contributed by atoms with van der Waals surface area (Å²) >= 11 is 2.36. The molecule has 0 amide bonds. The first-order valence-electron chi connectivity index (χ1n) is 5.80. The minimum Gasteiger partial charge on any atom is -0.464 e. The molecule has 0 aromatic carbocycles. The van der Waals surface area contributed by atoms with Crippen LogP contribution in [0.25, 0.3) is 0 Å². The highest BCUT2D eigenvalue weighted by molar-refractivity contribution is 14.1. The highest BCUT2D eigenvalue weighted by Gasteiger charge is 2.24. The van der Waals surface area contributed by atoms with Crippen molar-refractivity contribution in [3.05, 3.63) is 0 Å². The number of carbonyl (C=O) groups excluding carboxylic acids is 1. The average molecular weight is 341 g/mol. The second kappa shape index (κ2) is 8.28. The quantitative estimate of drug-likeness (QED) is 0.405. The first-order chi connectivity index (χ1) is 7.34. The van der Waals surface area contributed by atoms with Crippen LogP contribution in [0.1, 0.15) is 27.2 Å². The number of halogens is 1. The third kappa shape index (κ3) is 7.44. The van der Waals surface area contributed by atoms with Crippen molar-refractivity contribution < 1.29 is 9.53 Å². The van der Waals surface area contributed by atoms with E-state index < -0.39 is 0 Å². The monoisotopic (exact) mass is 341 g/mol. The Balaban J connectivity index is 4.07. The van der Waals surface area contributed by atoms with Crippen molar-refractivity contribution in [2.24, 2.45) is 11.8 Å². The second-order valence-electron chi connectivity index (χ2n) is 4.84. The summed E-state index contributed by atoms with van der Waals surface area (Å²) in [6, 6.07) is 0. The summed E-state index contributed by atoms with van der Waals surface area (Å²) in [6.07, 6.45) is 0.902. The van der Waals surface area contributed by atoms with Crippen LogP contribution in [0.4, 0.5) is 0 Å². The lowest BCUT2D eigenvalue weighted by atomic mass is 9.91. The molecule has 0 aromatic heterocycles. The summed E-state index contributed by atoms with van der Waals surface area (Å²) in [5, 5.41) is 0. The molecule has 0 aliphatic heterocycles. The van der Waals surface area contributed by atoms with Crippen LogP contribution >= 0.6 is 22.6 Å². The van der Waals surface area contributed by atoms with E-state index in [-0.39, 0.29) is 11.9 Å². The molecular weight excluding hydrogens is 317 g/mol. The van der Waals surface area contributed by atoms with Crippen LogP contribution in [-0.4, -0.2) is 42.0 Å². The van der Waals surface area contributed by atoms with E-state index in [1.54, 1.807) is 0 Å². The summed E-state index contributed by atoms with van der Waals surface area (Å²) in [5.41, 5.74) is 0. The van der Waals surface area contributed by atoms with Crippen molar-refractivity contribution in [1.82, 2.24) is 4.90 Å². The number of alkyl halides is 1. The number of hydrogen-bond donors (Lipinski definition) is 0. The smallest absolute Gasteiger partial charge is 0.309 e. The van der Waals surface area contributed by atoms with Gasteiger partial charge in [-0.15, -0.1) is 0 Å². The number of ether oxygens (including phenoxy) is 1. The van der Waals surface area contributed by atoms with Gasteiger partial charge in [-0.2, -0.15) is 0 Å². The van der Waals surface area contributed by atoms with Crippen molar-refractivity contribution in [3.8, 4) is 0 Å². The first kappa shape index (κ1) is 16.2. The normalized spacial score (nSPS) is 15.2. The molecule has 0 radical (unpaired) electrons. The molecule has 0 fully saturated rings. The highest BCUT2D eigenvalue weighted by atomic mass is 127. The van der Waals surface area contributed by atoms with Crippen LogP contribution in [0.2, 0.25) is 0 Å². The largest absolute Gasteiger partial charge is 0.464 e. The zero-order valence-electron chi connectivity index (χ0n) is 11.0. The molecule has 0 aliphatic rings. The maximum atomic E-state index is 11.9. The molecule has 0 spiro atoms. The van der Waals surface area contributed by atoms with E-state index in [9.17, 15) is 4.79 Å².